The molecule has 3 nitrogen and oxygen atoms in total. The molecule has 0 bridgehead atoms. The zero-order valence-electron chi connectivity index (χ0n) is 10.1. The second kappa shape index (κ2) is 4.37. The molecule has 2 aromatic rings. The number of rotatable bonds is 2. The number of hydrogen-bond acceptors (Lipinski definition) is 4. The Morgan fingerprint density at radius 1 is 1.18 bits per heavy atom. The topological polar surface area (TPSA) is 42.3 Å². The van der Waals surface area contributed by atoms with Crippen LogP contribution in [0.1, 0.15) is 25.8 Å². The van der Waals surface area contributed by atoms with E-state index in [9.17, 15) is 4.91 Å². The van der Waals surface area contributed by atoms with Crippen LogP contribution in [0.25, 0.3) is 11.3 Å². The van der Waals surface area contributed by atoms with Gasteiger partial charge in [-0.3, -0.25) is 0 Å². The quantitative estimate of drug-likeness (QED) is 0.732. The second-order valence-electron chi connectivity index (χ2n) is 4.93. The smallest absolute Gasteiger partial charge is 0.108 e. The molecule has 0 saturated heterocycles. The maximum atomic E-state index is 10.3. The Hall–Kier alpha value is -1.55. The van der Waals surface area contributed by atoms with Crippen molar-refractivity contribution in [3.63, 3.8) is 0 Å². The van der Waals surface area contributed by atoms with Gasteiger partial charge < -0.3 is 0 Å². The van der Waals surface area contributed by atoms with Crippen LogP contribution in [0.15, 0.2) is 34.8 Å². The van der Waals surface area contributed by atoms with Gasteiger partial charge in [-0.05, 0) is 17.3 Å². The molecule has 0 aliphatic carbocycles. The van der Waals surface area contributed by atoms with E-state index in [4.69, 9.17) is 0 Å². The lowest BCUT2D eigenvalue weighted by atomic mass is 9.98. The van der Waals surface area contributed by atoms with Crippen molar-refractivity contribution in [1.29, 1.82) is 0 Å². The molecule has 0 fully saturated rings. The van der Waals surface area contributed by atoms with Crippen LogP contribution in [0.3, 0.4) is 0 Å². The van der Waals surface area contributed by atoms with Crippen LogP contribution in [-0.4, -0.2) is 4.98 Å². The summed E-state index contributed by atoms with van der Waals surface area (Å²) in [4.78, 5) is 14.9. The molecule has 4 heteroatoms. The number of nitroso groups, excluding NO2 is 1. The lowest BCUT2D eigenvalue weighted by Crippen LogP contribution is -2.10. The molecule has 0 atom stereocenters. The zero-order chi connectivity index (χ0) is 12.5. The van der Waals surface area contributed by atoms with Crippen molar-refractivity contribution >= 4 is 17.0 Å². The molecule has 0 N–H and O–H groups in total. The van der Waals surface area contributed by atoms with Gasteiger partial charge in [0, 0.05) is 16.4 Å². The van der Waals surface area contributed by atoms with E-state index in [0.29, 0.717) is 5.69 Å². The molecular weight excluding hydrogens is 232 g/mol. The van der Waals surface area contributed by atoms with E-state index in [1.54, 1.807) is 23.5 Å². The Morgan fingerprint density at radius 3 is 2.29 bits per heavy atom. The predicted octanol–water partition coefficient (Wildman–Crippen LogP) is 4.51. The summed E-state index contributed by atoms with van der Waals surface area (Å²) < 4.78 is 0. The van der Waals surface area contributed by atoms with Crippen molar-refractivity contribution in [3.05, 3.63) is 39.6 Å². The van der Waals surface area contributed by atoms with Crippen molar-refractivity contribution < 1.29 is 0 Å². The first-order valence-electron chi connectivity index (χ1n) is 5.40. The first-order valence-corrected chi connectivity index (χ1v) is 6.28. The fourth-order valence-electron chi connectivity index (χ4n) is 1.44. The molecule has 88 valence electrons. The average molecular weight is 246 g/mol. The van der Waals surface area contributed by atoms with E-state index in [-0.39, 0.29) is 5.41 Å². The van der Waals surface area contributed by atoms with E-state index in [1.807, 2.05) is 17.5 Å². The Kier molecular flexibility index (Phi) is 3.07. The van der Waals surface area contributed by atoms with Crippen LogP contribution in [0.2, 0.25) is 0 Å². The largest absolute Gasteiger partial charge is 0.241 e. The second-order valence-corrected chi connectivity index (χ2v) is 5.78. The molecule has 1 aromatic heterocycles. The maximum Gasteiger partial charge on any atom is 0.108 e. The molecule has 1 aromatic carbocycles. The highest BCUT2D eigenvalue weighted by Crippen LogP contribution is 2.30. The van der Waals surface area contributed by atoms with Gasteiger partial charge in [-0.2, -0.15) is 0 Å². The summed E-state index contributed by atoms with van der Waals surface area (Å²) in [5.41, 5.74) is 2.49. The minimum absolute atomic E-state index is 0.0766. The third-order valence-corrected chi connectivity index (χ3v) is 3.68. The third-order valence-electron chi connectivity index (χ3n) is 2.41. The molecule has 1 heterocycles. The average Bonchev–Trinajstić information content (AvgIpc) is 2.78. The molecular formula is C13H14N2OS. The number of thiazole rings is 1. The normalized spacial score (nSPS) is 11.5. The minimum atomic E-state index is 0.0766. The first kappa shape index (κ1) is 11.9. The molecule has 0 spiro atoms. The van der Waals surface area contributed by atoms with Gasteiger partial charge in [-0.25, -0.2) is 4.98 Å². The monoisotopic (exact) mass is 246 g/mol. The summed E-state index contributed by atoms with van der Waals surface area (Å²) in [5.74, 6) is 0. The minimum Gasteiger partial charge on any atom is -0.241 e. The first-order chi connectivity index (χ1) is 8.00. The Morgan fingerprint density at radius 2 is 1.82 bits per heavy atom. The maximum absolute atomic E-state index is 10.3. The van der Waals surface area contributed by atoms with Gasteiger partial charge in [0.15, 0.2) is 0 Å². The number of benzene rings is 1. The van der Waals surface area contributed by atoms with Crippen molar-refractivity contribution in [2.45, 2.75) is 26.2 Å². The van der Waals surface area contributed by atoms with Gasteiger partial charge in [0.05, 0.1) is 10.7 Å². The molecule has 0 amide bonds. The molecule has 0 unspecified atom stereocenters. The Balaban J connectivity index is 2.33. The summed E-state index contributed by atoms with van der Waals surface area (Å²) in [7, 11) is 0. The van der Waals surface area contributed by atoms with Gasteiger partial charge in [0.1, 0.15) is 5.69 Å². The van der Waals surface area contributed by atoms with Gasteiger partial charge in [0.25, 0.3) is 0 Å². The molecule has 0 radical (unpaired) electrons. The van der Waals surface area contributed by atoms with Crippen LogP contribution >= 0.6 is 11.3 Å². The van der Waals surface area contributed by atoms with Crippen molar-refractivity contribution in [1.82, 2.24) is 4.98 Å². The zero-order valence-corrected chi connectivity index (χ0v) is 10.9. The van der Waals surface area contributed by atoms with E-state index < -0.39 is 0 Å². The molecule has 0 aliphatic heterocycles. The summed E-state index contributed by atoms with van der Waals surface area (Å²) in [6.45, 7) is 6.44. The van der Waals surface area contributed by atoms with E-state index in [0.717, 1.165) is 16.3 Å². The predicted molar refractivity (Wildman–Crippen MR) is 71.7 cm³/mol. The van der Waals surface area contributed by atoms with Gasteiger partial charge in [-0.15, -0.1) is 16.2 Å². The molecule has 0 saturated carbocycles. The summed E-state index contributed by atoms with van der Waals surface area (Å²) in [6.07, 6.45) is 0. The number of hydrogen-bond donors (Lipinski definition) is 0. The van der Waals surface area contributed by atoms with Crippen LogP contribution in [-0.2, 0) is 5.41 Å². The van der Waals surface area contributed by atoms with Crippen molar-refractivity contribution in [2.75, 3.05) is 0 Å². The van der Waals surface area contributed by atoms with Crippen LogP contribution < -0.4 is 0 Å². The van der Waals surface area contributed by atoms with E-state index in [1.165, 1.54) is 0 Å². The highest BCUT2D eigenvalue weighted by molar-refractivity contribution is 7.10. The summed E-state index contributed by atoms with van der Waals surface area (Å²) >= 11 is 1.66. The highest BCUT2D eigenvalue weighted by atomic mass is 32.1. The standard InChI is InChI=1S/C13H14N2OS/c1-13(2,3)12-14-11(8-17-12)9-4-6-10(15-16)7-5-9/h4-8H,1-3H3. The third kappa shape index (κ3) is 2.58. The van der Waals surface area contributed by atoms with Gasteiger partial charge in [0.2, 0.25) is 0 Å². The molecule has 0 aliphatic rings. The van der Waals surface area contributed by atoms with Crippen LogP contribution in [0, 0.1) is 4.91 Å². The SMILES string of the molecule is CC(C)(C)c1nc(-c2ccc(N=O)cc2)cs1. The lowest BCUT2D eigenvalue weighted by molar-refractivity contribution is 0.586. The van der Waals surface area contributed by atoms with Gasteiger partial charge >= 0.3 is 0 Å². The number of nitrogens with zero attached hydrogens (tertiary/aromatic N) is 2. The fourth-order valence-corrected chi connectivity index (χ4v) is 2.36. The molecule has 2 rings (SSSR count). The van der Waals surface area contributed by atoms with Crippen molar-refractivity contribution in [3.8, 4) is 11.3 Å². The summed E-state index contributed by atoms with van der Waals surface area (Å²) in [5, 5.41) is 6.04. The van der Waals surface area contributed by atoms with E-state index in [2.05, 4.69) is 30.9 Å². The number of aromatic nitrogens is 1. The fraction of sp³-hybridized carbons (Fsp3) is 0.308. The molecule has 17 heavy (non-hydrogen) atoms. The lowest BCUT2D eigenvalue weighted by Gasteiger charge is -2.13. The van der Waals surface area contributed by atoms with Gasteiger partial charge in [-0.1, -0.05) is 32.9 Å². The Bertz CT molecular complexity index is 523. The van der Waals surface area contributed by atoms with E-state index >= 15 is 0 Å². The van der Waals surface area contributed by atoms with Crippen LogP contribution in [0.5, 0.6) is 0 Å². The Labute approximate surface area is 105 Å². The highest BCUT2D eigenvalue weighted by Gasteiger charge is 2.18. The summed E-state index contributed by atoms with van der Waals surface area (Å²) in [6, 6.07) is 7.16. The van der Waals surface area contributed by atoms with Crippen molar-refractivity contribution in [2.24, 2.45) is 5.18 Å². The van der Waals surface area contributed by atoms with Crippen LogP contribution in [0.4, 0.5) is 5.69 Å².